The van der Waals surface area contributed by atoms with Crippen molar-refractivity contribution in [2.24, 2.45) is 7.05 Å². The summed E-state index contributed by atoms with van der Waals surface area (Å²) in [5.74, 6) is -0.663. The number of ether oxygens (including phenoxy) is 1. The zero-order valence-electron chi connectivity index (χ0n) is 18.9. The van der Waals surface area contributed by atoms with Crippen LogP contribution in [0.15, 0.2) is 6.20 Å². The Hall–Kier alpha value is -3.51. The molecule has 1 rings (SSSR count). The first-order valence-electron chi connectivity index (χ1n) is 10.2. The van der Waals surface area contributed by atoms with Gasteiger partial charge in [0.05, 0.1) is 6.20 Å². The highest BCUT2D eigenvalue weighted by atomic mass is 16.6. The summed E-state index contributed by atoms with van der Waals surface area (Å²) in [6.07, 6.45) is 0.818. The zero-order chi connectivity index (χ0) is 24.3. The normalized spacial score (nSPS) is 11.9. The third-order valence-electron chi connectivity index (χ3n) is 4.11. The molecule has 180 valence electrons. The molecule has 0 bridgehead atoms. The Labute approximate surface area is 186 Å². The number of anilines is 2. The molecule has 0 saturated heterocycles. The molecule has 0 fully saturated rings. The Bertz CT molecular complexity index is 803. The molecule has 4 amide bonds. The Kier molecular flexibility index (Phi) is 10.3. The van der Waals surface area contributed by atoms with Crippen molar-refractivity contribution in [3.8, 4) is 0 Å². The van der Waals surface area contributed by atoms with Gasteiger partial charge < -0.3 is 36.8 Å². The van der Waals surface area contributed by atoms with Crippen LogP contribution in [0.5, 0.6) is 0 Å². The van der Waals surface area contributed by atoms with Gasteiger partial charge in [-0.15, -0.1) is 0 Å². The van der Waals surface area contributed by atoms with Crippen molar-refractivity contribution in [3.63, 3.8) is 0 Å². The molecule has 0 spiro atoms. The molecule has 1 heterocycles. The number of carbonyl (C=O) groups is 4. The molecule has 0 radical (unpaired) electrons. The minimum absolute atomic E-state index is 0.0349. The monoisotopic (exact) mass is 455 g/mol. The number of unbranched alkanes of at least 4 members (excludes halogenated alkanes) is 1. The highest BCUT2D eigenvalue weighted by Gasteiger charge is 2.22. The first-order chi connectivity index (χ1) is 14.9. The summed E-state index contributed by atoms with van der Waals surface area (Å²) in [5, 5.41) is 22.6. The number of nitrogens with zero attached hydrogens (tertiary/aromatic N) is 2. The van der Waals surface area contributed by atoms with E-state index in [9.17, 15) is 19.2 Å². The van der Waals surface area contributed by atoms with E-state index in [0.29, 0.717) is 18.5 Å². The van der Waals surface area contributed by atoms with Gasteiger partial charge in [0.15, 0.2) is 0 Å². The standard InChI is InChI=1S/C19H33N7O6/c1-19(2,3)32-18(31)22-10-8-14(27)24-12(7-5-6-9-21-17(29)30)16(28)25-13-11-23-26(4)15(13)20/h11-12,21H,5-10,20H2,1-4H3,(H,22,31)(H,24,27)(H,25,28)(H,29,30)/t12-/m0/s1. The van der Waals surface area contributed by atoms with Crippen molar-refractivity contribution >= 4 is 35.5 Å². The highest BCUT2D eigenvalue weighted by molar-refractivity contribution is 5.98. The van der Waals surface area contributed by atoms with Crippen molar-refractivity contribution in [1.82, 2.24) is 25.7 Å². The number of alkyl carbamates (subject to hydrolysis) is 1. The van der Waals surface area contributed by atoms with E-state index in [1.54, 1.807) is 27.8 Å². The number of hydrogen-bond donors (Lipinski definition) is 6. The first kappa shape index (κ1) is 26.5. The number of carbonyl (C=O) groups excluding carboxylic acids is 3. The smallest absolute Gasteiger partial charge is 0.407 e. The zero-order valence-corrected chi connectivity index (χ0v) is 18.9. The van der Waals surface area contributed by atoms with Gasteiger partial charge in [-0.05, 0) is 40.0 Å². The molecular formula is C19H33N7O6. The molecule has 13 nitrogen and oxygen atoms in total. The fraction of sp³-hybridized carbons (Fsp3) is 0.632. The van der Waals surface area contributed by atoms with E-state index in [2.05, 4.69) is 26.4 Å². The largest absolute Gasteiger partial charge is 0.465 e. The Morgan fingerprint density at radius 2 is 1.88 bits per heavy atom. The lowest BCUT2D eigenvalue weighted by atomic mass is 10.1. The second kappa shape index (κ2) is 12.4. The van der Waals surface area contributed by atoms with E-state index in [1.807, 2.05) is 0 Å². The van der Waals surface area contributed by atoms with Gasteiger partial charge in [0, 0.05) is 26.6 Å². The van der Waals surface area contributed by atoms with Gasteiger partial charge in [0.2, 0.25) is 11.8 Å². The highest BCUT2D eigenvalue weighted by Crippen LogP contribution is 2.16. The molecule has 0 aliphatic carbocycles. The van der Waals surface area contributed by atoms with Crippen LogP contribution in [0.25, 0.3) is 0 Å². The van der Waals surface area contributed by atoms with Crippen molar-refractivity contribution in [2.45, 2.75) is 58.1 Å². The first-order valence-corrected chi connectivity index (χ1v) is 10.2. The minimum atomic E-state index is -1.13. The SMILES string of the molecule is Cn1ncc(NC(=O)[C@H](CCCCNC(=O)O)NC(=O)CCNC(=O)OC(C)(C)C)c1N. The van der Waals surface area contributed by atoms with Crippen LogP contribution < -0.4 is 27.0 Å². The molecule has 32 heavy (non-hydrogen) atoms. The number of aryl methyl sites for hydroxylation is 1. The van der Waals surface area contributed by atoms with Gasteiger partial charge in [-0.2, -0.15) is 5.10 Å². The Balaban J connectivity index is 2.61. The van der Waals surface area contributed by atoms with Crippen LogP contribution in [0.2, 0.25) is 0 Å². The molecule has 0 unspecified atom stereocenters. The average molecular weight is 456 g/mol. The molecule has 13 heteroatoms. The Morgan fingerprint density at radius 3 is 2.44 bits per heavy atom. The van der Waals surface area contributed by atoms with Crippen LogP contribution in [0.3, 0.4) is 0 Å². The summed E-state index contributed by atoms with van der Waals surface area (Å²) in [4.78, 5) is 47.2. The van der Waals surface area contributed by atoms with E-state index in [4.69, 9.17) is 15.6 Å². The second-order valence-corrected chi connectivity index (χ2v) is 8.08. The number of aromatic nitrogens is 2. The average Bonchev–Trinajstić information content (AvgIpc) is 2.97. The predicted molar refractivity (Wildman–Crippen MR) is 117 cm³/mol. The lowest BCUT2D eigenvalue weighted by molar-refractivity contribution is -0.126. The number of carboxylic acid groups (broad SMARTS) is 1. The molecule has 0 aliphatic heterocycles. The van der Waals surface area contributed by atoms with Gasteiger partial charge in [0.25, 0.3) is 0 Å². The summed E-state index contributed by atoms with van der Waals surface area (Å²) >= 11 is 0. The molecule has 1 aromatic heterocycles. The molecule has 1 atom stereocenters. The van der Waals surface area contributed by atoms with Crippen molar-refractivity contribution < 1.29 is 29.0 Å². The van der Waals surface area contributed by atoms with E-state index in [0.717, 1.165) is 0 Å². The molecule has 7 N–H and O–H groups in total. The second-order valence-electron chi connectivity index (χ2n) is 8.08. The van der Waals surface area contributed by atoms with Crippen LogP contribution in [0.1, 0.15) is 46.5 Å². The van der Waals surface area contributed by atoms with Crippen molar-refractivity contribution in [1.29, 1.82) is 0 Å². The minimum Gasteiger partial charge on any atom is -0.465 e. The third kappa shape index (κ3) is 10.5. The van der Waals surface area contributed by atoms with E-state index in [-0.39, 0.29) is 31.7 Å². The number of nitrogens with two attached hydrogens (primary N) is 1. The topological polar surface area (TPSA) is 190 Å². The quantitative estimate of drug-likeness (QED) is 0.264. The maximum Gasteiger partial charge on any atom is 0.407 e. The maximum atomic E-state index is 12.7. The summed E-state index contributed by atoms with van der Waals surface area (Å²) in [5.41, 5.74) is 5.50. The summed E-state index contributed by atoms with van der Waals surface area (Å²) in [6.45, 7) is 5.44. The van der Waals surface area contributed by atoms with E-state index < -0.39 is 35.6 Å². The molecular weight excluding hydrogens is 422 g/mol. The van der Waals surface area contributed by atoms with Crippen LogP contribution in [-0.2, 0) is 21.4 Å². The molecule has 0 aliphatic rings. The number of nitrogens with one attached hydrogen (secondary N) is 4. The van der Waals surface area contributed by atoms with Crippen molar-refractivity contribution in [2.75, 3.05) is 24.1 Å². The summed E-state index contributed by atoms with van der Waals surface area (Å²) in [7, 11) is 1.62. The van der Waals surface area contributed by atoms with E-state index >= 15 is 0 Å². The molecule has 0 aromatic carbocycles. The molecule has 1 aromatic rings. The van der Waals surface area contributed by atoms with Gasteiger partial charge in [-0.1, -0.05) is 0 Å². The summed E-state index contributed by atoms with van der Waals surface area (Å²) < 4.78 is 6.49. The number of amides is 4. The summed E-state index contributed by atoms with van der Waals surface area (Å²) in [6, 6.07) is -0.881. The number of rotatable bonds is 11. The number of hydrogen-bond acceptors (Lipinski definition) is 7. The lowest BCUT2D eigenvalue weighted by Crippen LogP contribution is -2.45. The molecule has 0 saturated carbocycles. The van der Waals surface area contributed by atoms with Gasteiger partial charge in [-0.3, -0.25) is 14.3 Å². The fourth-order valence-electron chi connectivity index (χ4n) is 2.56. The van der Waals surface area contributed by atoms with Gasteiger partial charge in [0.1, 0.15) is 23.1 Å². The van der Waals surface area contributed by atoms with Crippen LogP contribution in [0.4, 0.5) is 21.1 Å². The van der Waals surface area contributed by atoms with Gasteiger partial charge >= 0.3 is 12.2 Å². The van der Waals surface area contributed by atoms with E-state index in [1.165, 1.54) is 10.9 Å². The van der Waals surface area contributed by atoms with Gasteiger partial charge in [-0.25, -0.2) is 9.59 Å². The van der Waals surface area contributed by atoms with Crippen LogP contribution in [-0.4, -0.2) is 63.6 Å². The van der Waals surface area contributed by atoms with Crippen LogP contribution >= 0.6 is 0 Å². The Morgan fingerprint density at radius 1 is 1.19 bits per heavy atom. The van der Waals surface area contributed by atoms with Crippen molar-refractivity contribution in [3.05, 3.63) is 6.20 Å². The fourth-order valence-corrected chi connectivity index (χ4v) is 2.56. The predicted octanol–water partition coefficient (Wildman–Crippen LogP) is 0.778. The third-order valence-corrected chi connectivity index (χ3v) is 4.11. The maximum absolute atomic E-state index is 12.7. The van der Waals surface area contributed by atoms with Crippen LogP contribution in [0, 0.1) is 0 Å². The number of nitrogen functional groups attached to an aromatic ring is 1. The lowest BCUT2D eigenvalue weighted by Gasteiger charge is -2.20.